The largest absolute Gasteiger partial charge is 0.465 e. The number of H-pyrrole nitrogens is 1. The number of hydrogen-bond acceptors (Lipinski definition) is 3. The van der Waals surface area contributed by atoms with Gasteiger partial charge in [-0.2, -0.15) is 0 Å². The zero-order valence-electron chi connectivity index (χ0n) is 13.4. The van der Waals surface area contributed by atoms with Gasteiger partial charge in [-0.25, -0.2) is 9.18 Å². The number of nitrogens with one attached hydrogen (secondary N) is 1. The molecule has 1 N–H and O–H groups in total. The first-order valence-electron chi connectivity index (χ1n) is 7.03. The monoisotopic (exact) mass is 305 g/mol. The number of ether oxygens (including phenoxy) is 1. The Kier molecular flexibility index (Phi) is 6.04. The number of hydrogen-bond donors (Lipinski definition) is 1. The zero-order valence-corrected chi connectivity index (χ0v) is 13.4. The fourth-order valence-electron chi connectivity index (χ4n) is 2.15. The summed E-state index contributed by atoms with van der Waals surface area (Å²) in [6.45, 7) is 7.09. The normalized spacial score (nSPS) is 9.73. The van der Waals surface area contributed by atoms with E-state index in [4.69, 9.17) is 4.74 Å². The third-order valence-corrected chi connectivity index (χ3v) is 3.06. The van der Waals surface area contributed by atoms with Gasteiger partial charge in [-0.3, -0.25) is 4.79 Å². The molecule has 0 unspecified atom stereocenters. The molecule has 5 heteroatoms. The predicted molar refractivity (Wildman–Crippen MR) is 83.6 cm³/mol. The van der Waals surface area contributed by atoms with Crippen LogP contribution in [0, 0.1) is 12.7 Å². The van der Waals surface area contributed by atoms with Crippen LogP contribution in [0.25, 0.3) is 11.1 Å². The summed E-state index contributed by atoms with van der Waals surface area (Å²) in [5.74, 6) is -1.13. The van der Waals surface area contributed by atoms with Crippen LogP contribution in [0.3, 0.4) is 0 Å². The average Bonchev–Trinajstić information content (AvgIpc) is 2.87. The Morgan fingerprint density at radius 1 is 1.14 bits per heavy atom. The highest BCUT2D eigenvalue weighted by atomic mass is 19.1. The highest BCUT2D eigenvalue weighted by Crippen LogP contribution is 2.31. The van der Waals surface area contributed by atoms with E-state index < -0.39 is 5.97 Å². The summed E-state index contributed by atoms with van der Waals surface area (Å²) >= 11 is 0. The highest BCUT2D eigenvalue weighted by molar-refractivity contribution is 6.07. The minimum absolute atomic E-state index is 0.206. The molecule has 0 fully saturated rings. The lowest BCUT2D eigenvalue weighted by atomic mass is 9.99. The maximum Gasteiger partial charge on any atom is 0.340 e. The van der Waals surface area contributed by atoms with E-state index in [1.54, 1.807) is 6.92 Å². The number of benzene rings is 1. The van der Waals surface area contributed by atoms with Crippen LogP contribution in [-0.4, -0.2) is 23.8 Å². The minimum atomic E-state index is -0.537. The molecule has 0 aliphatic heterocycles. The molecule has 0 atom stereocenters. The lowest BCUT2D eigenvalue weighted by Crippen LogP contribution is -2.04. The maximum absolute atomic E-state index is 13.0. The lowest BCUT2D eigenvalue weighted by Gasteiger charge is -2.06. The van der Waals surface area contributed by atoms with Gasteiger partial charge in [0, 0.05) is 18.2 Å². The van der Waals surface area contributed by atoms with Gasteiger partial charge in [0.2, 0.25) is 0 Å². The van der Waals surface area contributed by atoms with Gasteiger partial charge < -0.3 is 9.72 Å². The van der Waals surface area contributed by atoms with E-state index in [2.05, 4.69) is 4.98 Å². The maximum atomic E-state index is 13.0. The van der Waals surface area contributed by atoms with Crippen LogP contribution in [-0.2, 0) is 4.74 Å². The van der Waals surface area contributed by atoms with E-state index in [0.29, 0.717) is 28.1 Å². The van der Waals surface area contributed by atoms with Gasteiger partial charge in [-0.15, -0.1) is 0 Å². The van der Waals surface area contributed by atoms with E-state index in [0.717, 1.165) is 0 Å². The number of halogens is 1. The van der Waals surface area contributed by atoms with Crippen molar-refractivity contribution < 1.29 is 18.7 Å². The second-order valence-corrected chi connectivity index (χ2v) is 4.43. The number of aryl methyl sites for hydroxylation is 1. The molecule has 0 amide bonds. The third kappa shape index (κ3) is 3.42. The van der Waals surface area contributed by atoms with Crippen LogP contribution in [0.5, 0.6) is 0 Å². The van der Waals surface area contributed by atoms with Crippen molar-refractivity contribution in [2.45, 2.75) is 27.7 Å². The Bertz CT molecular complexity index is 672. The first-order chi connectivity index (χ1) is 10.5. The van der Waals surface area contributed by atoms with Crippen LogP contribution < -0.4 is 0 Å². The lowest BCUT2D eigenvalue weighted by molar-refractivity contribution is 0.0601. The standard InChI is InChI=1S/C15H14FNO3.C2H6/c1-8-12(15(19)20-3)13(14(17-8)9(2)18)10-4-6-11(16)7-5-10;1-2/h4-7,17H,1-3H3;1-2H3. The van der Waals surface area contributed by atoms with Crippen molar-refractivity contribution in [2.24, 2.45) is 0 Å². The fraction of sp³-hybridized carbons (Fsp3) is 0.294. The summed E-state index contributed by atoms with van der Waals surface area (Å²) in [7, 11) is 1.27. The quantitative estimate of drug-likeness (QED) is 0.684. The summed E-state index contributed by atoms with van der Waals surface area (Å²) in [5.41, 5.74) is 2.18. The van der Waals surface area contributed by atoms with Gasteiger partial charge in [0.25, 0.3) is 0 Å². The fourth-order valence-corrected chi connectivity index (χ4v) is 2.15. The van der Waals surface area contributed by atoms with Crippen molar-refractivity contribution in [3.05, 3.63) is 47.0 Å². The van der Waals surface area contributed by atoms with E-state index in [9.17, 15) is 14.0 Å². The average molecular weight is 305 g/mol. The molecule has 4 nitrogen and oxygen atoms in total. The zero-order chi connectivity index (χ0) is 16.9. The van der Waals surface area contributed by atoms with Crippen LogP contribution in [0.4, 0.5) is 4.39 Å². The Labute approximate surface area is 129 Å². The third-order valence-electron chi connectivity index (χ3n) is 3.06. The summed E-state index contributed by atoms with van der Waals surface area (Å²) in [5, 5.41) is 0. The Morgan fingerprint density at radius 2 is 1.68 bits per heavy atom. The van der Waals surface area contributed by atoms with E-state index in [1.807, 2.05) is 13.8 Å². The second-order valence-electron chi connectivity index (χ2n) is 4.43. The first-order valence-corrected chi connectivity index (χ1v) is 7.03. The van der Waals surface area contributed by atoms with Crippen molar-refractivity contribution in [3.8, 4) is 11.1 Å². The van der Waals surface area contributed by atoms with Crippen LogP contribution in [0.15, 0.2) is 24.3 Å². The van der Waals surface area contributed by atoms with Gasteiger partial charge in [0.1, 0.15) is 5.82 Å². The molecular formula is C17H20FNO3. The molecule has 0 radical (unpaired) electrons. The van der Waals surface area contributed by atoms with Crippen LogP contribution >= 0.6 is 0 Å². The van der Waals surface area contributed by atoms with Crippen molar-refractivity contribution in [2.75, 3.05) is 7.11 Å². The first kappa shape index (κ1) is 17.6. The topological polar surface area (TPSA) is 59.2 Å². The van der Waals surface area contributed by atoms with E-state index in [1.165, 1.54) is 38.3 Å². The van der Waals surface area contributed by atoms with Gasteiger partial charge in [-0.1, -0.05) is 26.0 Å². The molecule has 0 spiro atoms. The number of carbonyl (C=O) groups excluding carboxylic acids is 2. The summed E-state index contributed by atoms with van der Waals surface area (Å²) in [4.78, 5) is 26.5. The molecule has 1 aromatic carbocycles. The molecule has 0 bridgehead atoms. The molecule has 2 rings (SSSR count). The van der Waals surface area contributed by atoms with Gasteiger partial charge in [-0.05, 0) is 24.6 Å². The number of aromatic nitrogens is 1. The number of aromatic amines is 1. The second kappa shape index (κ2) is 7.54. The number of methoxy groups -OCH3 is 1. The Hall–Kier alpha value is -2.43. The Morgan fingerprint density at radius 3 is 2.14 bits per heavy atom. The number of Topliss-reactive ketones (excluding diaryl/α,β-unsaturated/α-hetero) is 1. The number of rotatable bonds is 3. The molecule has 0 saturated carbocycles. The number of carbonyl (C=O) groups is 2. The van der Waals surface area contributed by atoms with Gasteiger partial charge >= 0.3 is 5.97 Å². The van der Waals surface area contributed by atoms with Crippen molar-refractivity contribution in [1.82, 2.24) is 4.98 Å². The van der Waals surface area contributed by atoms with Crippen molar-refractivity contribution >= 4 is 11.8 Å². The molecular weight excluding hydrogens is 285 g/mol. The molecule has 0 aliphatic rings. The molecule has 118 valence electrons. The van der Waals surface area contributed by atoms with Gasteiger partial charge in [0.15, 0.2) is 5.78 Å². The molecule has 0 saturated heterocycles. The van der Waals surface area contributed by atoms with E-state index >= 15 is 0 Å². The molecule has 22 heavy (non-hydrogen) atoms. The summed E-state index contributed by atoms with van der Waals surface area (Å²) in [6, 6.07) is 5.61. The van der Waals surface area contributed by atoms with Crippen LogP contribution in [0.2, 0.25) is 0 Å². The summed E-state index contributed by atoms with van der Waals surface area (Å²) < 4.78 is 17.8. The smallest absolute Gasteiger partial charge is 0.340 e. The molecule has 1 aromatic heterocycles. The van der Waals surface area contributed by atoms with E-state index in [-0.39, 0.29) is 11.6 Å². The number of ketones is 1. The molecule has 1 heterocycles. The predicted octanol–water partition coefficient (Wildman–Crippen LogP) is 4.14. The minimum Gasteiger partial charge on any atom is -0.465 e. The highest BCUT2D eigenvalue weighted by Gasteiger charge is 2.24. The van der Waals surface area contributed by atoms with Crippen molar-refractivity contribution in [3.63, 3.8) is 0 Å². The van der Waals surface area contributed by atoms with Crippen molar-refractivity contribution in [1.29, 1.82) is 0 Å². The number of esters is 1. The van der Waals surface area contributed by atoms with Gasteiger partial charge in [0.05, 0.1) is 18.4 Å². The SMILES string of the molecule is CC.COC(=O)c1c(C)[nH]c(C(C)=O)c1-c1ccc(F)cc1. The Balaban J connectivity index is 0.00000116. The van der Waals surface area contributed by atoms with Crippen LogP contribution in [0.1, 0.15) is 47.3 Å². The molecule has 2 aromatic rings. The summed E-state index contributed by atoms with van der Waals surface area (Å²) in [6.07, 6.45) is 0. The molecule has 0 aliphatic carbocycles.